The molecule has 0 N–H and O–H groups in total. The summed E-state index contributed by atoms with van der Waals surface area (Å²) in [5.41, 5.74) is -0.0325. The van der Waals surface area contributed by atoms with Crippen molar-refractivity contribution in [3.05, 3.63) is 53.8 Å². The highest BCUT2D eigenvalue weighted by molar-refractivity contribution is 5.91. The lowest BCUT2D eigenvalue weighted by atomic mass is 10.0. The van der Waals surface area contributed by atoms with Gasteiger partial charge in [-0.2, -0.15) is 0 Å². The van der Waals surface area contributed by atoms with Crippen molar-refractivity contribution in [3.63, 3.8) is 0 Å². The van der Waals surface area contributed by atoms with Gasteiger partial charge in [0.2, 0.25) is 0 Å². The summed E-state index contributed by atoms with van der Waals surface area (Å²) >= 11 is 0. The molecule has 0 unspecified atom stereocenters. The second kappa shape index (κ2) is 16.2. The van der Waals surface area contributed by atoms with E-state index >= 15 is 0 Å². The number of carbonyl (C=O) groups excluding carboxylic acids is 1. The molecule has 0 heterocycles. The Kier molecular flexibility index (Phi) is 13.4. The van der Waals surface area contributed by atoms with Crippen molar-refractivity contribution in [2.75, 3.05) is 6.61 Å². The molecule has 2 aromatic rings. The minimum absolute atomic E-state index is 0.0325. The molecule has 0 aliphatic rings. The Balaban J connectivity index is 1.78. The molecule has 0 radical (unpaired) electrons. The molecular formula is C30H41F3O4. The topological polar surface area (TPSA) is 44.8 Å². The largest absolute Gasteiger partial charge is 0.494 e. The maximum Gasteiger partial charge on any atom is 0.343 e. The summed E-state index contributed by atoms with van der Waals surface area (Å²) in [7, 11) is 0. The summed E-state index contributed by atoms with van der Waals surface area (Å²) in [6.07, 6.45) is 5.00. The van der Waals surface area contributed by atoms with Crippen molar-refractivity contribution < 1.29 is 32.2 Å². The Hall–Kier alpha value is -2.70. The zero-order valence-corrected chi connectivity index (χ0v) is 22.5. The molecule has 0 aromatic heterocycles. The van der Waals surface area contributed by atoms with Gasteiger partial charge < -0.3 is 14.2 Å². The van der Waals surface area contributed by atoms with E-state index in [0.717, 1.165) is 18.9 Å². The van der Waals surface area contributed by atoms with Gasteiger partial charge in [-0.3, -0.25) is 0 Å². The number of hydrogen-bond acceptors (Lipinski definition) is 4. The molecule has 0 amide bonds. The Morgan fingerprint density at radius 2 is 1.41 bits per heavy atom. The normalized spacial score (nSPS) is 13.7. The summed E-state index contributed by atoms with van der Waals surface area (Å²) in [6.45, 7) is 7.31. The van der Waals surface area contributed by atoms with E-state index < -0.39 is 36.2 Å². The molecule has 0 fully saturated rings. The van der Waals surface area contributed by atoms with Crippen molar-refractivity contribution >= 4 is 5.97 Å². The zero-order valence-electron chi connectivity index (χ0n) is 22.5. The van der Waals surface area contributed by atoms with Gasteiger partial charge in [0.05, 0.1) is 12.2 Å². The monoisotopic (exact) mass is 522 g/mol. The van der Waals surface area contributed by atoms with Crippen LogP contribution < -0.4 is 14.2 Å². The van der Waals surface area contributed by atoms with Crippen molar-refractivity contribution in [3.8, 4) is 17.2 Å². The van der Waals surface area contributed by atoms with Gasteiger partial charge in [0.1, 0.15) is 23.8 Å². The highest BCUT2D eigenvalue weighted by Gasteiger charge is 2.31. The lowest BCUT2D eigenvalue weighted by Gasteiger charge is -2.23. The van der Waals surface area contributed by atoms with Gasteiger partial charge >= 0.3 is 5.97 Å². The summed E-state index contributed by atoms with van der Waals surface area (Å²) in [5, 5.41) is 0. The van der Waals surface area contributed by atoms with Crippen molar-refractivity contribution in [2.45, 2.75) is 97.5 Å². The minimum atomic E-state index is -1.91. The summed E-state index contributed by atoms with van der Waals surface area (Å²) in [4.78, 5) is 12.4. The average Bonchev–Trinajstić information content (AvgIpc) is 2.88. The highest BCUT2D eigenvalue weighted by atomic mass is 19.2. The van der Waals surface area contributed by atoms with Crippen LogP contribution in [0.1, 0.15) is 89.4 Å². The first-order valence-corrected chi connectivity index (χ1v) is 13.4. The number of esters is 1. The van der Waals surface area contributed by atoms with Gasteiger partial charge in [0.25, 0.3) is 0 Å². The predicted molar refractivity (Wildman–Crippen MR) is 141 cm³/mol. The van der Waals surface area contributed by atoms with Crippen LogP contribution in [0.2, 0.25) is 0 Å². The van der Waals surface area contributed by atoms with Crippen LogP contribution in [-0.4, -0.2) is 31.0 Å². The molecule has 4 nitrogen and oxygen atoms in total. The quantitative estimate of drug-likeness (QED) is 0.118. The van der Waals surface area contributed by atoms with Crippen LogP contribution >= 0.6 is 0 Å². The number of carbonyl (C=O) groups is 1. The van der Waals surface area contributed by atoms with Crippen LogP contribution in [0.5, 0.6) is 17.2 Å². The van der Waals surface area contributed by atoms with Crippen molar-refractivity contribution in [1.82, 2.24) is 0 Å². The fraction of sp³-hybridized carbons (Fsp3) is 0.567. The number of benzene rings is 2. The van der Waals surface area contributed by atoms with E-state index in [0.29, 0.717) is 18.1 Å². The molecule has 0 saturated carbocycles. The molecular weight excluding hydrogens is 481 g/mol. The zero-order chi connectivity index (χ0) is 27.2. The first-order valence-electron chi connectivity index (χ1n) is 13.4. The Morgan fingerprint density at radius 1 is 0.811 bits per heavy atom. The summed E-state index contributed by atoms with van der Waals surface area (Å²) in [6, 6.07) is 10.1. The summed E-state index contributed by atoms with van der Waals surface area (Å²) < 4.78 is 58.9. The second-order valence-corrected chi connectivity index (χ2v) is 9.79. The third kappa shape index (κ3) is 10.7. The molecule has 2 aromatic carbocycles. The van der Waals surface area contributed by atoms with Gasteiger partial charge in [-0.25, -0.2) is 18.0 Å². The number of halogens is 3. The van der Waals surface area contributed by atoms with Gasteiger partial charge in [-0.15, -0.1) is 0 Å². The van der Waals surface area contributed by atoms with Gasteiger partial charge in [-0.05, 0) is 61.7 Å². The molecule has 7 heteroatoms. The van der Waals surface area contributed by atoms with E-state index in [4.69, 9.17) is 14.2 Å². The Bertz CT molecular complexity index is 933. The third-order valence-corrected chi connectivity index (χ3v) is 6.17. The SMILES string of the molecule is CCCCCCCCCCOc1ccc(OC(=O)c2ccc(O[C@H](C)[C@@H](F)[C@H](F)C(C)C)c(F)c2)cc1. The highest BCUT2D eigenvalue weighted by Crippen LogP contribution is 2.25. The first kappa shape index (κ1) is 30.5. The van der Waals surface area contributed by atoms with Gasteiger partial charge in [-0.1, -0.05) is 65.7 Å². The van der Waals surface area contributed by atoms with E-state index in [-0.39, 0.29) is 11.3 Å². The average molecular weight is 523 g/mol. The van der Waals surface area contributed by atoms with E-state index in [1.165, 1.54) is 57.6 Å². The number of unbranched alkanes of at least 4 members (excludes halogenated alkanes) is 7. The lowest BCUT2D eigenvalue weighted by Crippen LogP contribution is -2.36. The molecule has 206 valence electrons. The Labute approximate surface area is 219 Å². The molecule has 0 aliphatic heterocycles. The fourth-order valence-electron chi connectivity index (χ4n) is 3.81. The fourth-order valence-corrected chi connectivity index (χ4v) is 3.81. The number of hydrogen-bond donors (Lipinski definition) is 0. The van der Waals surface area contributed by atoms with Crippen molar-refractivity contribution in [2.24, 2.45) is 5.92 Å². The maximum atomic E-state index is 14.5. The lowest BCUT2D eigenvalue weighted by molar-refractivity contribution is 0.0319. The maximum absolute atomic E-state index is 14.5. The van der Waals surface area contributed by atoms with E-state index in [1.54, 1.807) is 38.1 Å². The molecule has 0 bridgehead atoms. The van der Waals surface area contributed by atoms with Crippen molar-refractivity contribution in [1.29, 1.82) is 0 Å². The van der Waals surface area contributed by atoms with E-state index in [1.807, 2.05) is 0 Å². The molecule has 3 atom stereocenters. The molecule has 0 spiro atoms. The summed E-state index contributed by atoms with van der Waals surface area (Å²) in [5.74, 6) is -1.43. The van der Waals surface area contributed by atoms with Crippen LogP contribution in [0.4, 0.5) is 13.2 Å². The smallest absolute Gasteiger partial charge is 0.343 e. The van der Waals surface area contributed by atoms with Crippen LogP contribution in [0, 0.1) is 11.7 Å². The molecule has 37 heavy (non-hydrogen) atoms. The van der Waals surface area contributed by atoms with E-state index in [2.05, 4.69) is 6.92 Å². The third-order valence-electron chi connectivity index (χ3n) is 6.17. The number of alkyl halides is 2. The molecule has 0 aliphatic carbocycles. The molecule has 0 saturated heterocycles. The minimum Gasteiger partial charge on any atom is -0.494 e. The standard InChI is InChI=1S/C30H41F3O4/c1-5-6-7-8-9-10-11-12-19-35-24-14-16-25(17-15-24)37-30(34)23-13-18-27(26(31)20-23)36-22(4)29(33)28(32)21(2)3/h13-18,20-22,28-29H,5-12,19H2,1-4H3/t22-,28-,29-/m1/s1. The van der Waals surface area contributed by atoms with Gasteiger partial charge in [0, 0.05) is 0 Å². The van der Waals surface area contributed by atoms with E-state index in [9.17, 15) is 18.0 Å². The van der Waals surface area contributed by atoms with Crippen LogP contribution in [0.15, 0.2) is 42.5 Å². The predicted octanol–water partition coefficient (Wildman–Crippen LogP) is 8.66. The van der Waals surface area contributed by atoms with Crippen LogP contribution in [0.25, 0.3) is 0 Å². The van der Waals surface area contributed by atoms with Gasteiger partial charge in [0.15, 0.2) is 17.7 Å². The van der Waals surface area contributed by atoms with Crippen LogP contribution in [0.3, 0.4) is 0 Å². The Morgan fingerprint density at radius 3 is 2.00 bits per heavy atom. The number of rotatable bonds is 17. The number of ether oxygens (including phenoxy) is 3. The second-order valence-electron chi connectivity index (χ2n) is 9.79. The first-order chi connectivity index (χ1) is 17.7. The molecule has 2 rings (SSSR count). The van der Waals surface area contributed by atoms with Crippen LogP contribution in [-0.2, 0) is 0 Å².